The van der Waals surface area contributed by atoms with Crippen molar-refractivity contribution in [2.75, 3.05) is 6.54 Å². The van der Waals surface area contributed by atoms with E-state index in [1.807, 2.05) is 6.92 Å². The van der Waals surface area contributed by atoms with Crippen molar-refractivity contribution in [1.82, 2.24) is 0 Å². The van der Waals surface area contributed by atoms with Crippen molar-refractivity contribution >= 4 is 0 Å². The Morgan fingerprint density at radius 1 is 1.39 bits per heavy atom. The molecule has 2 unspecified atom stereocenters. The van der Waals surface area contributed by atoms with Crippen LogP contribution in [0.1, 0.15) is 43.7 Å². The van der Waals surface area contributed by atoms with E-state index in [9.17, 15) is 5.11 Å². The predicted molar refractivity (Wildman–Crippen MR) is 73.5 cm³/mol. The van der Waals surface area contributed by atoms with Gasteiger partial charge in [-0.05, 0) is 43.2 Å². The standard InChI is InChI=1S/C16H23NO/c1-15(18,10-12-6-7-12)16(11-17)9-8-13-4-2-3-5-14(13)16/h2-5,12,18H,6-11,17H2,1H3. The third kappa shape index (κ3) is 1.70. The Balaban J connectivity index is 2.00. The minimum atomic E-state index is -0.671. The molecule has 0 heterocycles. The number of fused-ring (bicyclic) bond motifs is 1. The monoisotopic (exact) mass is 245 g/mol. The first-order chi connectivity index (χ1) is 8.59. The molecule has 0 radical (unpaired) electrons. The van der Waals surface area contributed by atoms with Crippen molar-refractivity contribution in [3.63, 3.8) is 0 Å². The van der Waals surface area contributed by atoms with Crippen molar-refractivity contribution < 1.29 is 5.11 Å². The molecular formula is C16H23NO. The fraction of sp³-hybridized carbons (Fsp3) is 0.625. The zero-order valence-corrected chi connectivity index (χ0v) is 11.2. The molecule has 0 aromatic heterocycles. The summed E-state index contributed by atoms with van der Waals surface area (Å²) in [6.07, 6.45) is 5.49. The molecule has 0 amide bonds. The molecule has 2 aliphatic rings. The zero-order valence-electron chi connectivity index (χ0n) is 11.2. The molecule has 2 atom stereocenters. The topological polar surface area (TPSA) is 46.2 Å². The van der Waals surface area contributed by atoms with Gasteiger partial charge in [-0.15, -0.1) is 0 Å². The SMILES string of the molecule is CC(O)(CC1CC1)C1(CN)CCc2ccccc21. The number of hydrogen-bond acceptors (Lipinski definition) is 2. The van der Waals surface area contributed by atoms with E-state index >= 15 is 0 Å². The Morgan fingerprint density at radius 2 is 2.11 bits per heavy atom. The Morgan fingerprint density at radius 3 is 2.78 bits per heavy atom. The van der Waals surface area contributed by atoms with Crippen molar-refractivity contribution in [2.24, 2.45) is 11.7 Å². The Kier molecular flexibility index (Phi) is 2.76. The lowest BCUT2D eigenvalue weighted by molar-refractivity contribution is -0.0322. The normalized spacial score (nSPS) is 29.9. The summed E-state index contributed by atoms with van der Waals surface area (Å²) in [5.74, 6) is 0.719. The van der Waals surface area contributed by atoms with E-state index in [2.05, 4.69) is 24.3 Å². The van der Waals surface area contributed by atoms with Gasteiger partial charge in [0, 0.05) is 12.0 Å². The van der Waals surface area contributed by atoms with Crippen LogP contribution in [0.3, 0.4) is 0 Å². The van der Waals surface area contributed by atoms with E-state index in [0.717, 1.165) is 25.2 Å². The van der Waals surface area contributed by atoms with Gasteiger partial charge in [0.1, 0.15) is 0 Å². The lowest BCUT2D eigenvalue weighted by Crippen LogP contribution is -2.53. The van der Waals surface area contributed by atoms with Crippen LogP contribution in [-0.4, -0.2) is 17.3 Å². The van der Waals surface area contributed by atoms with Crippen LogP contribution < -0.4 is 5.73 Å². The maximum atomic E-state index is 11.0. The highest BCUT2D eigenvalue weighted by Gasteiger charge is 2.52. The average molecular weight is 245 g/mol. The third-order valence-electron chi connectivity index (χ3n) is 5.12. The van der Waals surface area contributed by atoms with Gasteiger partial charge in [-0.1, -0.05) is 37.1 Å². The van der Waals surface area contributed by atoms with Gasteiger partial charge in [0.05, 0.1) is 5.60 Å². The highest BCUT2D eigenvalue weighted by atomic mass is 16.3. The second kappa shape index (κ2) is 4.07. The summed E-state index contributed by atoms with van der Waals surface area (Å²) in [4.78, 5) is 0. The number of aryl methyl sites for hydroxylation is 1. The fourth-order valence-electron chi connectivity index (χ4n) is 3.76. The predicted octanol–water partition coefficient (Wildman–Crippen LogP) is 2.38. The molecule has 1 fully saturated rings. The molecule has 2 heteroatoms. The maximum absolute atomic E-state index is 11.0. The van der Waals surface area contributed by atoms with Gasteiger partial charge in [-0.2, -0.15) is 0 Å². The molecular weight excluding hydrogens is 222 g/mol. The van der Waals surface area contributed by atoms with Gasteiger partial charge in [0.25, 0.3) is 0 Å². The number of hydrogen-bond donors (Lipinski definition) is 2. The minimum absolute atomic E-state index is 0.230. The van der Waals surface area contributed by atoms with Crippen molar-refractivity contribution in [3.05, 3.63) is 35.4 Å². The first-order valence-electron chi connectivity index (χ1n) is 7.10. The largest absolute Gasteiger partial charge is 0.389 e. The van der Waals surface area contributed by atoms with E-state index < -0.39 is 5.60 Å². The molecule has 2 aliphatic carbocycles. The second-order valence-electron chi connectivity index (χ2n) is 6.36. The van der Waals surface area contributed by atoms with E-state index in [1.54, 1.807) is 0 Å². The van der Waals surface area contributed by atoms with E-state index in [-0.39, 0.29) is 5.41 Å². The Hall–Kier alpha value is -0.860. The Labute approximate surface area is 109 Å². The molecule has 1 aromatic rings. The second-order valence-corrected chi connectivity index (χ2v) is 6.36. The molecule has 0 spiro atoms. The van der Waals surface area contributed by atoms with Gasteiger partial charge in [-0.25, -0.2) is 0 Å². The van der Waals surface area contributed by atoms with Crippen molar-refractivity contribution in [2.45, 2.75) is 50.0 Å². The molecule has 3 rings (SSSR count). The molecule has 18 heavy (non-hydrogen) atoms. The quantitative estimate of drug-likeness (QED) is 0.855. The number of aliphatic hydroxyl groups is 1. The van der Waals surface area contributed by atoms with Crippen LogP contribution in [0.15, 0.2) is 24.3 Å². The van der Waals surface area contributed by atoms with Crippen LogP contribution in [0.25, 0.3) is 0 Å². The molecule has 0 bridgehead atoms. The summed E-state index contributed by atoms with van der Waals surface area (Å²) in [6, 6.07) is 8.50. The summed E-state index contributed by atoms with van der Waals surface area (Å²) >= 11 is 0. The fourth-order valence-corrected chi connectivity index (χ4v) is 3.76. The van der Waals surface area contributed by atoms with Gasteiger partial charge >= 0.3 is 0 Å². The summed E-state index contributed by atoms with van der Waals surface area (Å²) in [7, 11) is 0. The van der Waals surface area contributed by atoms with Gasteiger partial charge in [0.2, 0.25) is 0 Å². The summed E-state index contributed by atoms with van der Waals surface area (Å²) in [5, 5.41) is 11.0. The van der Waals surface area contributed by atoms with Crippen LogP contribution in [0.2, 0.25) is 0 Å². The average Bonchev–Trinajstić information content (AvgIpc) is 3.07. The summed E-state index contributed by atoms with van der Waals surface area (Å²) in [5.41, 5.74) is 7.87. The number of benzene rings is 1. The van der Waals surface area contributed by atoms with Crippen LogP contribution in [0.5, 0.6) is 0 Å². The first-order valence-corrected chi connectivity index (χ1v) is 7.10. The lowest BCUT2D eigenvalue weighted by Gasteiger charge is -2.43. The molecule has 2 nitrogen and oxygen atoms in total. The van der Waals surface area contributed by atoms with Crippen LogP contribution in [0.4, 0.5) is 0 Å². The lowest BCUT2D eigenvalue weighted by atomic mass is 9.66. The summed E-state index contributed by atoms with van der Waals surface area (Å²) in [6.45, 7) is 2.55. The minimum Gasteiger partial charge on any atom is -0.389 e. The van der Waals surface area contributed by atoms with E-state index in [0.29, 0.717) is 6.54 Å². The van der Waals surface area contributed by atoms with Crippen LogP contribution in [0, 0.1) is 5.92 Å². The van der Waals surface area contributed by atoms with Crippen molar-refractivity contribution in [1.29, 1.82) is 0 Å². The number of rotatable bonds is 4. The molecule has 0 aliphatic heterocycles. The van der Waals surface area contributed by atoms with Crippen molar-refractivity contribution in [3.8, 4) is 0 Å². The smallest absolute Gasteiger partial charge is 0.0730 e. The molecule has 1 saturated carbocycles. The maximum Gasteiger partial charge on any atom is 0.0730 e. The van der Waals surface area contributed by atoms with Gasteiger partial charge in [-0.3, -0.25) is 0 Å². The van der Waals surface area contributed by atoms with Crippen LogP contribution >= 0.6 is 0 Å². The molecule has 3 N–H and O–H groups in total. The van der Waals surface area contributed by atoms with Gasteiger partial charge < -0.3 is 10.8 Å². The van der Waals surface area contributed by atoms with Crippen LogP contribution in [-0.2, 0) is 11.8 Å². The highest BCUT2D eigenvalue weighted by Crippen LogP contribution is 2.50. The molecule has 1 aromatic carbocycles. The molecule has 98 valence electrons. The highest BCUT2D eigenvalue weighted by molar-refractivity contribution is 5.42. The number of nitrogens with two attached hydrogens (primary N) is 1. The Bertz CT molecular complexity index is 450. The summed E-state index contributed by atoms with van der Waals surface area (Å²) < 4.78 is 0. The zero-order chi connectivity index (χ0) is 12.8. The third-order valence-corrected chi connectivity index (χ3v) is 5.12. The van der Waals surface area contributed by atoms with E-state index in [1.165, 1.54) is 24.0 Å². The van der Waals surface area contributed by atoms with E-state index in [4.69, 9.17) is 5.73 Å². The van der Waals surface area contributed by atoms with Gasteiger partial charge in [0.15, 0.2) is 0 Å². The molecule has 0 saturated heterocycles. The first kappa shape index (κ1) is 12.2.